The van der Waals surface area contributed by atoms with Crippen LogP contribution >= 0.6 is 0 Å². The molecule has 4 atom stereocenters. The smallest absolute Gasteiger partial charge is 0.248 e. The van der Waals surface area contributed by atoms with Crippen LogP contribution in [0.1, 0.15) is 11.5 Å². The molecule has 0 spiro atoms. The summed E-state index contributed by atoms with van der Waals surface area (Å²) in [5, 5.41) is 15.8. The van der Waals surface area contributed by atoms with E-state index >= 15 is 0 Å². The third-order valence-corrected chi connectivity index (χ3v) is 5.53. The highest BCUT2D eigenvalue weighted by atomic mass is 19.1. The Morgan fingerprint density at radius 1 is 1.12 bits per heavy atom. The zero-order valence-electron chi connectivity index (χ0n) is 16.3. The number of rotatable bonds is 6. The number of nitrogens with one attached hydrogen (secondary N) is 3. The van der Waals surface area contributed by atoms with E-state index in [1.165, 1.54) is 18.7 Å². The topological polar surface area (TPSA) is 117 Å². The van der Waals surface area contributed by atoms with E-state index in [9.17, 15) is 13.9 Å². The maximum Gasteiger partial charge on any atom is 0.248 e. The second kappa shape index (κ2) is 7.11. The van der Waals surface area contributed by atoms with Gasteiger partial charge in [-0.15, -0.1) is 0 Å². The van der Waals surface area contributed by atoms with Crippen LogP contribution in [0.5, 0.6) is 17.4 Å². The number of hydrogen-bond acceptors (Lipinski definition) is 8. The Labute approximate surface area is 179 Å². The Kier molecular flexibility index (Phi) is 4.20. The van der Waals surface area contributed by atoms with E-state index in [2.05, 4.69) is 30.6 Å². The van der Waals surface area contributed by atoms with Crippen LogP contribution in [0.2, 0.25) is 0 Å². The lowest BCUT2D eigenvalue weighted by Gasteiger charge is -2.18. The van der Waals surface area contributed by atoms with E-state index < -0.39 is 18.0 Å². The Bertz CT molecular complexity index is 1330. The lowest BCUT2D eigenvalue weighted by atomic mass is 10.1. The van der Waals surface area contributed by atoms with Crippen LogP contribution in [0.25, 0.3) is 11.2 Å². The second-order valence-electron chi connectivity index (χ2n) is 7.55. The van der Waals surface area contributed by atoms with Gasteiger partial charge >= 0.3 is 0 Å². The van der Waals surface area contributed by atoms with Crippen molar-refractivity contribution in [2.75, 3.05) is 5.32 Å². The number of benzene rings is 2. The van der Waals surface area contributed by atoms with Gasteiger partial charge < -0.3 is 24.9 Å². The third-order valence-electron chi connectivity index (χ3n) is 5.53. The van der Waals surface area contributed by atoms with Gasteiger partial charge in [0.1, 0.15) is 41.1 Å². The van der Waals surface area contributed by atoms with Crippen molar-refractivity contribution >= 4 is 16.9 Å². The molecule has 3 heterocycles. The van der Waals surface area contributed by atoms with E-state index in [1.54, 1.807) is 6.07 Å². The van der Waals surface area contributed by atoms with Gasteiger partial charge in [0, 0.05) is 17.5 Å². The minimum atomic E-state index is -1.24. The van der Waals surface area contributed by atoms with Gasteiger partial charge in [0.2, 0.25) is 5.88 Å². The number of halogens is 2. The molecule has 0 saturated heterocycles. The zero-order chi connectivity index (χ0) is 21.8. The molecule has 2 aliphatic rings. The number of aliphatic hydroxyl groups is 1. The first kappa shape index (κ1) is 18.9. The van der Waals surface area contributed by atoms with Crippen molar-refractivity contribution in [3.63, 3.8) is 0 Å². The molecule has 2 aromatic carbocycles. The molecule has 0 radical (unpaired) electrons. The van der Waals surface area contributed by atoms with E-state index in [4.69, 9.17) is 9.47 Å². The van der Waals surface area contributed by atoms with E-state index in [1.807, 2.05) is 12.1 Å². The summed E-state index contributed by atoms with van der Waals surface area (Å²) in [5.74, 6) is 0.189. The lowest BCUT2D eigenvalue weighted by molar-refractivity contribution is 0.153. The van der Waals surface area contributed by atoms with Gasteiger partial charge in [-0.25, -0.2) is 18.7 Å². The predicted molar refractivity (Wildman–Crippen MR) is 108 cm³/mol. The molecule has 4 unspecified atom stereocenters. The molecular weight excluding hydrogens is 422 g/mol. The summed E-state index contributed by atoms with van der Waals surface area (Å²) in [6.07, 6.45) is 1.50. The molecule has 2 aromatic heterocycles. The highest BCUT2D eigenvalue weighted by Crippen LogP contribution is 2.54. The fourth-order valence-electron chi connectivity index (χ4n) is 4.01. The molecule has 162 valence electrons. The Morgan fingerprint density at radius 2 is 2.03 bits per heavy atom. The van der Waals surface area contributed by atoms with Crippen LogP contribution in [0, 0.1) is 11.6 Å². The van der Waals surface area contributed by atoms with E-state index in [-0.39, 0.29) is 23.8 Å². The monoisotopic (exact) mass is 438 g/mol. The van der Waals surface area contributed by atoms with Crippen LogP contribution in [0.15, 0.2) is 49.1 Å². The molecule has 0 bridgehead atoms. The maximum absolute atomic E-state index is 13.8. The summed E-state index contributed by atoms with van der Waals surface area (Å²) in [7, 11) is 0. The predicted octanol–water partition coefficient (Wildman–Crippen LogP) is 2.63. The summed E-state index contributed by atoms with van der Waals surface area (Å²) in [6.45, 7) is 0. The molecular formula is C21H16F2N6O3. The molecule has 11 heteroatoms. The quantitative estimate of drug-likeness (QED) is 0.340. The third kappa shape index (κ3) is 3.18. The number of aromatic amines is 1. The van der Waals surface area contributed by atoms with Crippen LogP contribution < -0.4 is 20.1 Å². The van der Waals surface area contributed by atoms with Crippen molar-refractivity contribution < 1.29 is 23.4 Å². The molecule has 1 saturated carbocycles. The Balaban J connectivity index is 1.15. The number of aliphatic hydroxyl groups excluding tert-OH is 1. The molecule has 9 nitrogen and oxygen atoms in total. The molecule has 6 rings (SSSR count). The van der Waals surface area contributed by atoms with Crippen molar-refractivity contribution in [3.05, 3.63) is 66.3 Å². The highest BCUT2D eigenvalue weighted by Gasteiger charge is 2.59. The van der Waals surface area contributed by atoms with Crippen LogP contribution in [0.3, 0.4) is 0 Å². The van der Waals surface area contributed by atoms with Gasteiger partial charge in [-0.05, 0) is 30.3 Å². The molecule has 1 aliphatic carbocycles. The van der Waals surface area contributed by atoms with Gasteiger partial charge in [-0.3, -0.25) is 5.32 Å². The van der Waals surface area contributed by atoms with Crippen molar-refractivity contribution in [1.29, 1.82) is 0 Å². The van der Waals surface area contributed by atoms with Crippen molar-refractivity contribution in [3.8, 4) is 17.4 Å². The number of ether oxygens (including phenoxy) is 2. The van der Waals surface area contributed by atoms with Gasteiger partial charge in [-0.1, -0.05) is 0 Å². The Morgan fingerprint density at radius 3 is 2.91 bits per heavy atom. The molecule has 1 fully saturated rings. The largest absolute Gasteiger partial charge is 0.488 e. The summed E-state index contributed by atoms with van der Waals surface area (Å²) >= 11 is 0. The number of fused-ring (bicyclic) bond motifs is 4. The summed E-state index contributed by atoms with van der Waals surface area (Å²) in [6, 6.07) is 8.37. The van der Waals surface area contributed by atoms with E-state index in [0.717, 1.165) is 23.4 Å². The molecule has 4 aromatic rings. The van der Waals surface area contributed by atoms with Gasteiger partial charge in [0.25, 0.3) is 0 Å². The van der Waals surface area contributed by atoms with Gasteiger partial charge in [0.15, 0.2) is 12.0 Å². The van der Waals surface area contributed by atoms with Gasteiger partial charge in [-0.2, -0.15) is 4.98 Å². The summed E-state index contributed by atoms with van der Waals surface area (Å²) < 4.78 is 38.7. The molecule has 0 amide bonds. The van der Waals surface area contributed by atoms with Gasteiger partial charge in [0.05, 0.1) is 18.1 Å². The number of imidazole rings is 1. The van der Waals surface area contributed by atoms with Crippen molar-refractivity contribution in [2.45, 2.75) is 24.4 Å². The molecule has 32 heavy (non-hydrogen) atoms. The summed E-state index contributed by atoms with van der Waals surface area (Å²) in [4.78, 5) is 15.3. The highest BCUT2D eigenvalue weighted by molar-refractivity contribution is 5.75. The number of hydrogen-bond donors (Lipinski definition) is 4. The van der Waals surface area contributed by atoms with Crippen LogP contribution in [-0.2, 0) is 0 Å². The maximum atomic E-state index is 13.8. The zero-order valence-corrected chi connectivity index (χ0v) is 16.3. The number of H-pyrrole nitrogens is 1. The number of aromatic nitrogens is 4. The fourth-order valence-corrected chi connectivity index (χ4v) is 4.01. The standard InChI is InChI=1S/C21H16F2N6O3/c22-9-1-3-13(12(23)5-9)28-21(30)29-16-15-11-6-10(2-4-14(11)32-18(15)16)31-20-17-19(25-7-24-17)26-8-27-20/h1-8,15-16,18,21,28-30H,(H,24,25,26,27). The SMILES string of the molecule is OC(Nc1ccc(F)cc1F)NC1C2Oc3ccc(Oc4ncnc5nc[nH]c45)cc3C12. The molecule has 1 aliphatic heterocycles. The lowest BCUT2D eigenvalue weighted by Crippen LogP contribution is -2.40. The minimum absolute atomic E-state index is 0.000590. The van der Waals surface area contributed by atoms with Crippen molar-refractivity contribution in [1.82, 2.24) is 25.3 Å². The fraction of sp³-hybridized carbons (Fsp3) is 0.190. The summed E-state index contributed by atoms with van der Waals surface area (Å²) in [5.41, 5.74) is 2.02. The van der Waals surface area contributed by atoms with Crippen LogP contribution in [-0.4, -0.2) is 43.5 Å². The van der Waals surface area contributed by atoms with E-state index in [0.29, 0.717) is 22.8 Å². The van der Waals surface area contributed by atoms with Crippen molar-refractivity contribution in [2.24, 2.45) is 0 Å². The number of anilines is 1. The normalized spacial score (nSPS) is 21.5. The first-order valence-electron chi connectivity index (χ1n) is 9.85. The first-order chi connectivity index (χ1) is 15.6. The average molecular weight is 438 g/mol. The second-order valence-corrected chi connectivity index (χ2v) is 7.55. The minimum Gasteiger partial charge on any atom is -0.488 e. The average Bonchev–Trinajstić information content (AvgIpc) is 3.12. The Hall–Kier alpha value is -3.83. The van der Waals surface area contributed by atoms with Crippen LogP contribution in [0.4, 0.5) is 14.5 Å². The molecule has 4 N–H and O–H groups in total. The first-order valence-corrected chi connectivity index (χ1v) is 9.85. The number of nitrogens with zero attached hydrogens (tertiary/aromatic N) is 3.